The summed E-state index contributed by atoms with van der Waals surface area (Å²) in [6.45, 7) is 0. The average Bonchev–Trinajstić information content (AvgIpc) is 1.56. The van der Waals surface area contributed by atoms with Crippen LogP contribution in [0.15, 0.2) is 0 Å². The van der Waals surface area contributed by atoms with Crippen LogP contribution < -0.4 is 0 Å². The van der Waals surface area contributed by atoms with Crippen molar-refractivity contribution >= 4 is 15.2 Å². The summed E-state index contributed by atoms with van der Waals surface area (Å²) in [5, 5.41) is 8.41. The molecule has 0 aromatic rings. The molecule has 7 nitrogen and oxygen atoms in total. The van der Waals surface area contributed by atoms with Crippen molar-refractivity contribution in [2.45, 2.75) is 5.85 Å². The Kier molecular flexibility index (Phi) is 3.41. The monoisotopic (exact) mass is 205 g/mol. The summed E-state index contributed by atoms with van der Waals surface area (Å²) in [6.07, 6.45) is -0.103. The van der Waals surface area contributed by atoms with Crippen molar-refractivity contribution in [2.24, 2.45) is 0 Å². The highest BCUT2D eigenvalue weighted by atomic mass is 31.2. The van der Waals surface area contributed by atoms with Crippen molar-refractivity contribution in [3.63, 3.8) is 0 Å². The molecule has 5 N–H and O–H groups in total. The molecule has 0 bridgehead atoms. The van der Waals surface area contributed by atoms with E-state index in [0.29, 0.717) is 0 Å². The Hall–Kier alpha value is 0.260. The van der Waals surface area contributed by atoms with E-state index in [1.807, 2.05) is 0 Å². The Balaban J connectivity index is 4.22. The maximum Gasteiger partial charge on any atom is 0.354 e. The van der Waals surface area contributed by atoms with Crippen molar-refractivity contribution in [3.8, 4) is 0 Å². The van der Waals surface area contributed by atoms with E-state index < -0.39 is 21.0 Å². The van der Waals surface area contributed by atoms with Gasteiger partial charge in [0.15, 0.2) is 5.85 Å². The summed E-state index contributed by atoms with van der Waals surface area (Å²) in [7, 11) is -9.53. The summed E-state index contributed by atoms with van der Waals surface area (Å²) in [5.41, 5.74) is 0. The largest absolute Gasteiger partial charge is 0.380 e. The standard InChI is InChI=1S/C2H7O7P2/c3-2(11(7,8)9)1-10(4,5)6/h1-3H,(H2,4,5,6)(H2,7,8,9). The maximum absolute atomic E-state index is 10.1. The Morgan fingerprint density at radius 1 is 1.09 bits per heavy atom. The molecule has 1 radical (unpaired) electrons. The van der Waals surface area contributed by atoms with Crippen LogP contribution in [0.5, 0.6) is 0 Å². The molecule has 1 atom stereocenters. The predicted octanol–water partition coefficient (Wildman–Crippen LogP) is -1.18. The van der Waals surface area contributed by atoms with Crippen molar-refractivity contribution in [3.05, 3.63) is 6.16 Å². The van der Waals surface area contributed by atoms with Gasteiger partial charge in [-0.25, -0.2) is 0 Å². The molecule has 9 heteroatoms. The minimum Gasteiger partial charge on any atom is -0.380 e. The first-order valence-corrected chi connectivity index (χ1v) is 5.64. The molecule has 0 rings (SSSR count). The highest BCUT2D eigenvalue weighted by molar-refractivity contribution is 7.58. The summed E-state index contributed by atoms with van der Waals surface area (Å²) in [4.78, 5) is 32.5. The van der Waals surface area contributed by atoms with Gasteiger partial charge in [-0.05, 0) is 0 Å². The molecule has 0 aromatic heterocycles. The molecule has 0 aromatic carbocycles. The quantitative estimate of drug-likeness (QED) is 0.366. The van der Waals surface area contributed by atoms with E-state index in [1.165, 1.54) is 0 Å². The second kappa shape index (κ2) is 3.33. The first kappa shape index (κ1) is 11.3. The van der Waals surface area contributed by atoms with Gasteiger partial charge < -0.3 is 24.7 Å². The van der Waals surface area contributed by atoms with Crippen molar-refractivity contribution in [2.75, 3.05) is 0 Å². The normalized spacial score (nSPS) is 16.5. The van der Waals surface area contributed by atoms with E-state index in [9.17, 15) is 9.13 Å². The Labute approximate surface area is 62.0 Å². The lowest BCUT2D eigenvalue weighted by atomic mass is 10.9. The van der Waals surface area contributed by atoms with E-state index in [4.69, 9.17) is 24.7 Å². The Bertz CT molecular complexity index is 210. The summed E-state index contributed by atoms with van der Waals surface area (Å²) in [5.74, 6) is -2.41. The highest BCUT2D eigenvalue weighted by Gasteiger charge is 2.33. The van der Waals surface area contributed by atoms with Gasteiger partial charge in [0.1, 0.15) is 6.16 Å². The fourth-order valence-electron chi connectivity index (χ4n) is 0.261. The second-order valence-electron chi connectivity index (χ2n) is 1.74. The lowest BCUT2D eigenvalue weighted by molar-refractivity contribution is 0.227. The number of aliphatic hydroxyl groups is 1. The highest BCUT2D eigenvalue weighted by Crippen LogP contribution is 2.50. The van der Waals surface area contributed by atoms with Gasteiger partial charge in [0.25, 0.3) is 0 Å². The van der Waals surface area contributed by atoms with Crippen LogP contribution in [0, 0.1) is 6.16 Å². The molecule has 0 aliphatic heterocycles. The fourth-order valence-corrected chi connectivity index (χ4v) is 1.82. The lowest BCUT2D eigenvalue weighted by Gasteiger charge is -2.11. The number of aliphatic hydroxyl groups excluding tert-OH is 1. The summed E-state index contributed by atoms with van der Waals surface area (Å²) >= 11 is 0. The van der Waals surface area contributed by atoms with Gasteiger partial charge in [-0.3, -0.25) is 9.13 Å². The molecular weight excluding hydrogens is 198 g/mol. The smallest absolute Gasteiger partial charge is 0.354 e. The topological polar surface area (TPSA) is 135 Å². The molecule has 11 heavy (non-hydrogen) atoms. The zero-order valence-electron chi connectivity index (χ0n) is 5.10. The molecule has 0 fully saturated rings. The Morgan fingerprint density at radius 2 is 1.45 bits per heavy atom. The zero-order valence-corrected chi connectivity index (χ0v) is 6.89. The van der Waals surface area contributed by atoms with Crippen LogP contribution in [-0.4, -0.2) is 30.5 Å². The van der Waals surface area contributed by atoms with E-state index in [1.54, 1.807) is 0 Å². The molecule has 1 unspecified atom stereocenters. The van der Waals surface area contributed by atoms with Gasteiger partial charge in [0.05, 0.1) is 0 Å². The molecule has 0 saturated carbocycles. The third kappa shape index (κ3) is 5.52. The van der Waals surface area contributed by atoms with Crippen LogP contribution in [-0.2, 0) is 9.13 Å². The first-order valence-electron chi connectivity index (χ1n) is 2.27. The lowest BCUT2D eigenvalue weighted by Crippen LogP contribution is -2.07. The van der Waals surface area contributed by atoms with E-state index in [0.717, 1.165) is 0 Å². The van der Waals surface area contributed by atoms with E-state index in [2.05, 4.69) is 0 Å². The molecular formula is C2H7O7P2. The fraction of sp³-hybridized carbons (Fsp3) is 0.500. The van der Waals surface area contributed by atoms with Crippen LogP contribution >= 0.6 is 15.2 Å². The maximum atomic E-state index is 10.1. The summed E-state index contributed by atoms with van der Waals surface area (Å²) in [6, 6.07) is 0. The van der Waals surface area contributed by atoms with Gasteiger partial charge in [-0.15, -0.1) is 0 Å². The predicted molar refractivity (Wildman–Crippen MR) is 34.4 cm³/mol. The zero-order chi connectivity index (χ0) is 9.28. The SMILES string of the molecule is O=P(O)(O)[CH]C(O)P(=O)(O)O. The van der Waals surface area contributed by atoms with Gasteiger partial charge in [0.2, 0.25) is 0 Å². The third-order valence-electron chi connectivity index (χ3n) is 0.672. The first-order chi connectivity index (χ1) is 4.63. The molecule has 0 heterocycles. The Morgan fingerprint density at radius 3 is 1.55 bits per heavy atom. The van der Waals surface area contributed by atoms with Gasteiger partial charge >= 0.3 is 15.2 Å². The van der Waals surface area contributed by atoms with Crippen molar-refractivity contribution in [1.29, 1.82) is 0 Å². The average molecular weight is 205 g/mol. The molecule has 0 aliphatic rings. The number of hydrogen-bond acceptors (Lipinski definition) is 3. The van der Waals surface area contributed by atoms with Crippen LogP contribution in [0.25, 0.3) is 0 Å². The second-order valence-corrected chi connectivity index (χ2v) is 4.92. The molecule has 0 aliphatic carbocycles. The number of hydrogen-bond donors (Lipinski definition) is 5. The van der Waals surface area contributed by atoms with Crippen LogP contribution in [0.4, 0.5) is 0 Å². The van der Waals surface area contributed by atoms with Gasteiger partial charge in [-0.2, -0.15) is 0 Å². The van der Waals surface area contributed by atoms with E-state index >= 15 is 0 Å². The van der Waals surface area contributed by atoms with Gasteiger partial charge in [0, 0.05) is 0 Å². The van der Waals surface area contributed by atoms with Crippen LogP contribution in [0.3, 0.4) is 0 Å². The van der Waals surface area contributed by atoms with Crippen LogP contribution in [0.2, 0.25) is 0 Å². The molecule has 67 valence electrons. The molecule has 0 spiro atoms. The van der Waals surface area contributed by atoms with Crippen molar-refractivity contribution in [1.82, 2.24) is 0 Å². The third-order valence-corrected chi connectivity index (χ3v) is 2.42. The van der Waals surface area contributed by atoms with Crippen LogP contribution in [0.1, 0.15) is 0 Å². The van der Waals surface area contributed by atoms with Crippen molar-refractivity contribution < 1.29 is 33.8 Å². The molecule has 0 amide bonds. The number of rotatable bonds is 3. The minimum absolute atomic E-state index is 0.103. The summed E-state index contributed by atoms with van der Waals surface area (Å²) < 4.78 is 20.1. The molecule has 0 saturated heterocycles. The van der Waals surface area contributed by atoms with Gasteiger partial charge in [-0.1, -0.05) is 0 Å². The van der Waals surface area contributed by atoms with E-state index in [-0.39, 0.29) is 6.16 Å². The minimum atomic E-state index is -4.85.